The summed E-state index contributed by atoms with van der Waals surface area (Å²) in [6.07, 6.45) is 2.73. The third-order valence-corrected chi connectivity index (χ3v) is 1.40. The molecule has 1 aromatic heterocycles. The first-order valence-electron chi connectivity index (χ1n) is 3.39. The van der Waals surface area contributed by atoms with Crippen molar-refractivity contribution in [3.8, 4) is 0 Å². The Kier molecular flexibility index (Phi) is 1.55. The lowest BCUT2D eigenvalue weighted by molar-refractivity contribution is 0.179. The largest absolute Gasteiger partial charge is 0.443 e. The maximum atomic E-state index is 10.6. The molecule has 0 atom stereocenters. The summed E-state index contributed by atoms with van der Waals surface area (Å²) in [5.41, 5.74) is 1.35. The lowest BCUT2D eigenvalue weighted by Crippen LogP contribution is -2.10. The molecule has 1 aromatic rings. The second kappa shape index (κ2) is 2.69. The van der Waals surface area contributed by atoms with Crippen LogP contribution in [0.15, 0.2) is 22.5 Å². The second-order valence-corrected chi connectivity index (χ2v) is 2.30. The molecule has 5 nitrogen and oxygen atoms in total. The van der Waals surface area contributed by atoms with Crippen LogP contribution < -0.4 is 5.32 Å². The number of aromatic nitrogens is 1. The number of hydrogen-bond acceptors (Lipinski definition) is 4. The normalized spacial score (nSPS) is 19.3. The molecule has 1 N–H and O–H groups in total. The predicted octanol–water partition coefficient (Wildman–Crippen LogP) is 0.755. The van der Waals surface area contributed by atoms with Crippen LogP contribution in [0, 0.1) is 0 Å². The molecule has 0 aliphatic carbocycles. The Hall–Kier alpha value is -1.78. The van der Waals surface area contributed by atoms with Crippen LogP contribution in [0.1, 0.15) is 5.69 Å². The van der Waals surface area contributed by atoms with Gasteiger partial charge in [-0.1, -0.05) is 5.16 Å². The third kappa shape index (κ3) is 1.29. The number of nitrogens with zero attached hydrogens (tertiary/aromatic N) is 1. The molecule has 1 aliphatic heterocycles. The van der Waals surface area contributed by atoms with E-state index in [0.29, 0.717) is 11.4 Å². The molecular formula is C7H6N2O3. The Morgan fingerprint density at radius 3 is 3.17 bits per heavy atom. The number of rotatable bonds is 1. The van der Waals surface area contributed by atoms with Crippen LogP contribution in [0.3, 0.4) is 0 Å². The van der Waals surface area contributed by atoms with Gasteiger partial charge in [-0.15, -0.1) is 0 Å². The average Bonchev–Trinajstić information content (AvgIpc) is 2.63. The molecule has 2 rings (SSSR count). The number of amides is 1. The Morgan fingerprint density at radius 1 is 1.67 bits per heavy atom. The monoisotopic (exact) mass is 166 g/mol. The SMILES string of the molecule is O=C1NC(=Cc2ccon2)CO1. The topological polar surface area (TPSA) is 64.4 Å². The van der Waals surface area contributed by atoms with Gasteiger partial charge in [0.1, 0.15) is 18.6 Å². The number of alkyl carbamates (subject to hydrolysis) is 1. The summed E-state index contributed by atoms with van der Waals surface area (Å²) in [4.78, 5) is 10.6. The maximum absolute atomic E-state index is 10.6. The van der Waals surface area contributed by atoms with E-state index in [1.807, 2.05) is 0 Å². The van der Waals surface area contributed by atoms with Crippen molar-refractivity contribution in [1.82, 2.24) is 10.5 Å². The van der Waals surface area contributed by atoms with Crippen molar-refractivity contribution >= 4 is 12.2 Å². The Bertz CT molecular complexity index is 315. The van der Waals surface area contributed by atoms with E-state index in [1.54, 1.807) is 12.1 Å². The first-order chi connectivity index (χ1) is 5.84. The van der Waals surface area contributed by atoms with Crippen LogP contribution in [0.5, 0.6) is 0 Å². The van der Waals surface area contributed by atoms with Crippen molar-refractivity contribution in [2.24, 2.45) is 0 Å². The van der Waals surface area contributed by atoms with Crippen LogP contribution >= 0.6 is 0 Å². The van der Waals surface area contributed by atoms with Gasteiger partial charge in [-0.3, -0.25) is 5.32 Å². The quantitative estimate of drug-likeness (QED) is 0.668. The van der Waals surface area contributed by atoms with Crippen LogP contribution in [0.2, 0.25) is 0 Å². The fraction of sp³-hybridized carbons (Fsp3) is 0.143. The van der Waals surface area contributed by atoms with Crippen LogP contribution in [-0.4, -0.2) is 17.9 Å². The predicted molar refractivity (Wildman–Crippen MR) is 39.0 cm³/mol. The van der Waals surface area contributed by atoms with Crippen LogP contribution in [0.4, 0.5) is 4.79 Å². The molecule has 0 spiro atoms. The summed E-state index contributed by atoms with van der Waals surface area (Å²) >= 11 is 0. The van der Waals surface area contributed by atoms with E-state index in [4.69, 9.17) is 0 Å². The number of carbonyl (C=O) groups is 1. The summed E-state index contributed by atoms with van der Waals surface area (Å²) in [6.45, 7) is 0.270. The average molecular weight is 166 g/mol. The number of nitrogens with one attached hydrogen (secondary N) is 1. The summed E-state index contributed by atoms with van der Waals surface area (Å²) < 4.78 is 9.24. The van der Waals surface area contributed by atoms with Crippen molar-refractivity contribution < 1.29 is 14.1 Å². The molecule has 5 heteroatoms. The van der Waals surface area contributed by atoms with Crippen molar-refractivity contribution in [3.63, 3.8) is 0 Å². The zero-order chi connectivity index (χ0) is 8.39. The van der Waals surface area contributed by atoms with E-state index < -0.39 is 6.09 Å². The van der Waals surface area contributed by atoms with Crippen molar-refractivity contribution in [3.05, 3.63) is 23.7 Å². The Balaban J connectivity index is 2.15. The van der Waals surface area contributed by atoms with Gasteiger partial charge in [0.25, 0.3) is 0 Å². The fourth-order valence-electron chi connectivity index (χ4n) is 0.899. The molecule has 12 heavy (non-hydrogen) atoms. The maximum Gasteiger partial charge on any atom is 0.411 e. The van der Waals surface area contributed by atoms with E-state index in [0.717, 1.165) is 0 Å². The molecule has 1 saturated heterocycles. The van der Waals surface area contributed by atoms with E-state index in [9.17, 15) is 4.79 Å². The van der Waals surface area contributed by atoms with Gasteiger partial charge in [-0.2, -0.15) is 0 Å². The molecule has 2 heterocycles. The molecule has 1 amide bonds. The summed E-state index contributed by atoms with van der Waals surface area (Å²) in [7, 11) is 0. The van der Waals surface area contributed by atoms with Gasteiger partial charge in [-0.05, 0) is 6.08 Å². The van der Waals surface area contributed by atoms with E-state index in [-0.39, 0.29) is 6.61 Å². The van der Waals surface area contributed by atoms with E-state index in [1.165, 1.54) is 6.26 Å². The molecule has 1 fully saturated rings. The van der Waals surface area contributed by atoms with E-state index in [2.05, 4.69) is 19.7 Å². The highest BCUT2D eigenvalue weighted by Gasteiger charge is 2.14. The minimum Gasteiger partial charge on any atom is -0.443 e. The summed E-state index contributed by atoms with van der Waals surface area (Å²) in [5, 5.41) is 6.16. The number of ether oxygens (including phenoxy) is 1. The fourth-order valence-corrected chi connectivity index (χ4v) is 0.899. The lowest BCUT2D eigenvalue weighted by Gasteiger charge is -1.88. The molecule has 0 saturated carbocycles. The molecule has 1 aliphatic rings. The van der Waals surface area contributed by atoms with Crippen molar-refractivity contribution in [2.75, 3.05) is 6.61 Å². The lowest BCUT2D eigenvalue weighted by atomic mass is 10.3. The second-order valence-electron chi connectivity index (χ2n) is 2.30. The number of cyclic esters (lactones) is 1. The molecule has 0 unspecified atom stereocenters. The van der Waals surface area contributed by atoms with Gasteiger partial charge >= 0.3 is 6.09 Å². The highest BCUT2D eigenvalue weighted by molar-refractivity contribution is 5.74. The Morgan fingerprint density at radius 2 is 2.58 bits per heavy atom. The first kappa shape index (κ1) is 6.90. The van der Waals surface area contributed by atoms with E-state index >= 15 is 0 Å². The van der Waals surface area contributed by atoms with Gasteiger partial charge in [-0.25, -0.2) is 4.79 Å². The van der Waals surface area contributed by atoms with Crippen LogP contribution in [0.25, 0.3) is 6.08 Å². The zero-order valence-corrected chi connectivity index (χ0v) is 6.11. The summed E-state index contributed by atoms with van der Waals surface area (Å²) in [6, 6.07) is 1.69. The first-order valence-corrected chi connectivity index (χ1v) is 3.39. The third-order valence-electron chi connectivity index (χ3n) is 1.40. The van der Waals surface area contributed by atoms with Gasteiger partial charge in [0.05, 0.1) is 5.70 Å². The minimum atomic E-state index is -0.426. The Labute approximate surface area is 68.0 Å². The highest BCUT2D eigenvalue weighted by Crippen LogP contribution is 2.06. The molecule has 62 valence electrons. The van der Waals surface area contributed by atoms with Gasteiger partial charge in [0, 0.05) is 6.07 Å². The molecular weight excluding hydrogens is 160 g/mol. The number of hydrogen-bond donors (Lipinski definition) is 1. The van der Waals surface area contributed by atoms with Crippen molar-refractivity contribution in [2.45, 2.75) is 0 Å². The standard InChI is InChI=1S/C7H6N2O3/c10-7-8-6(4-11-7)3-5-1-2-12-9-5/h1-3H,4H2,(H,8,10). The van der Waals surface area contributed by atoms with Crippen LogP contribution in [-0.2, 0) is 4.74 Å². The van der Waals surface area contributed by atoms with Gasteiger partial charge in [0.15, 0.2) is 0 Å². The number of carbonyl (C=O) groups excluding carboxylic acids is 1. The van der Waals surface area contributed by atoms with Crippen molar-refractivity contribution in [1.29, 1.82) is 0 Å². The minimum absolute atomic E-state index is 0.270. The van der Waals surface area contributed by atoms with Gasteiger partial charge in [0.2, 0.25) is 0 Å². The highest BCUT2D eigenvalue weighted by atomic mass is 16.6. The zero-order valence-electron chi connectivity index (χ0n) is 6.11. The molecule has 0 aromatic carbocycles. The molecule has 0 radical (unpaired) electrons. The molecule has 0 bridgehead atoms. The van der Waals surface area contributed by atoms with Gasteiger partial charge < -0.3 is 9.26 Å². The smallest absolute Gasteiger partial charge is 0.411 e. The summed E-state index contributed by atoms with van der Waals surface area (Å²) in [5.74, 6) is 0.